The van der Waals surface area contributed by atoms with E-state index in [1.807, 2.05) is 29.6 Å². The van der Waals surface area contributed by atoms with E-state index >= 15 is 0 Å². The second-order valence-electron chi connectivity index (χ2n) is 6.36. The van der Waals surface area contributed by atoms with E-state index in [1.54, 1.807) is 17.6 Å². The van der Waals surface area contributed by atoms with Crippen LogP contribution in [-0.2, 0) is 25.8 Å². The molecule has 3 aromatic heterocycles. The van der Waals surface area contributed by atoms with Gasteiger partial charge in [0.05, 0.1) is 30.6 Å². The highest BCUT2D eigenvalue weighted by Gasteiger charge is 2.30. The Labute approximate surface area is 168 Å². The van der Waals surface area contributed by atoms with Crippen LogP contribution in [0, 0.1) is 0 Å². The summed E-state index contributed by atoms with van der Waals surface area (Å²) in [4.78, 5) is 3.28. The lowest BCUT2D eigenvalue weighted by Gasteiger charge is -2.20. The van der Waals surface area contributed by atoms with Crippen LogP contribution in [0.2, 0.25) is 0 Å². The molecule has 4 aromatic rings. The van der Waals surface area contributed by atoms with Gasteiger partial charge in [-0.1, -0.05) is 6.07 Å². The Balaban J connectivity index is 1.56. The standard InChI is InChI=1S/C19H16F3N5OS/c20-19(21,22)14-5-7-15(8-6-14)27-18(23-24-25-27)13-26(11-16-3-1-9-28-16)12-17-4-2-10-29-17/h1-10H,11-13H2. The van der Waals surface area contributed by atoms with Gasteiger partial charge in [-0.25, -0.2) is 0 Å². The lowest BCUT2D eigenvalue weighted by atomic mass is 10.2. The number of furan rings is 1. The molecule has 0 fully saturated rings. The molecule has 3 heterocycles. The zero-order valence-corrected chi connectivity index (χ0v) is 15.9. The van der Waals surface area contributed by atoms with Crippen LogP contribution < -0.4 is 0 Å². The van der Waals surface area contributed by atoms with Gasteiger partial charge < -0.3 is 4.42 Å². The number of benzene rings is 1. The summed E-state index contributed by atoms with van der Waals surface area (Å²) in [6.07, 6.45) is -2.77. The molecule has 0 radical (unpaired) electrons. The summed E-state index contributed by atoms with van der Waals surface area (Å²) < 4.78 is 45.3. The highest BCUT2D eigenvalue weighted by Crippen LogP contribution is 2.29. The average Bonchev–Trinajstić information content (AvgIpc) is 3.44. The van der Waals surface area contributed by atoms with Crippen molar-refractivity contribution in [2.75, 3.05) is 0 Å². The second-order valence-corrected chi connectivity index (χ2v) is 7.39. The molecule has 0 spiro atoms. The van der Waals surface area contributed by atoms with Crippen LogP contribution in [0.15, 0.2) is 64.6 Å². The molecular weight excluding hydrogens is 403 g/mol. The van der Waals surface area contributed by atoms with Crippen molar-refractivity contribution in [1.29, 1.82) is 0 Å². The smallest absolute Gasteiger partial charge is 0.416 e. The summed E-state index contributed by atoms with van der Waals surface area (Å²) in [6.45, 7) is 1.61. The molecule has 10 heteroatoms. The Morgan fingerprint density at radius 3 is 2.48 bits per heavy atom. The van der Waals surface area contributed by atoms with Crippen molar-refractivity contribution in [2.24, 2.45) is 0 Å². The number of hydrogen-bond donors (Lipinski definition) is 0. The molecular formula is C19H16F3N5OS. The van der Waals surface area contributed by atoms with Gasteiger partial charge in [0.1, 0.15) is 5.76 Å². The third-order valence-electron chi connectivity index (χ3n) is 4.26. The molecule has 0 aliphatic heterocycles. The SMILES string of the molecule is FC(F)(F)c1ccc(-n2nnnc2CN(Cc2ccco2)Cc2cccs2)cc1. The van der Waals surface area contributed by atoms with Gasteiger partial charge in [-0.3, -0.25) is 4.90 Å². The summed E-state index contributed by atoms with van der Waals surface area (Å²) in [6, 6.07) is 12.5. The van der Waals surface area contributed by atoms with Crippen molar-refractivity contribution in [3.05, 3.63) is 82.2 Å². The Hall–Kier alpha value is -2.98. The van der Waals surface area contributed by atoms with E-state index in [0.717, 1.165) is 17.9 Å². The molecule has 6 nitrogen and oxygen atoms in total. The van der Waals surface area contributed by atoms with Gasteiger partial charge in [-0.05, 0) is 58.3 Å². The largest absolute Gasteiger partial charge is 0.468 e. The van der Waals surface area contributed by atoms with Crippen LogP contribution in [0.3, 0.4) is 0 Å². The molecule has 0 unspecified atom stereocenters. The van der Waals surface area contributed by atoms with Gasteiger partial charge in [0, 0.05) is 11.4 Å². The molecule has 0 aliphatic carbocycles. The molecule has 0 atom stereocenters. The fourth-order valence-corrected chi connectivity index (χ4v) is 3.66. The number of thiophene rings is 1. The third-order valence-corrected chi connectivity index (χ3v) is 5.12. The summed E-state index contributed by atoms with van der Waals surface area (Å²) in [5, 5.41) is 13.7. The van der Waals surface area contributed by atoms with Crippen molar-refractivity contribution >= 4 is 11.3 Å². The maximum atomic E-state index is 12.8. The number of alkyl halides is 3. The van der Waals surface area contributed by atoms with E-state index in [-0.39, 0.29) is 0 Å². The topological polar surface area (TPSA) is 60.0 Å². The first-order valence-electron chi connectivity index (χ1n) is 8.71. The lowest BCUT2D eigenvalue weighted by molar-refractivity contribution is -0.137. The summed E-state index contributed by atoms with van der Waals surface area (Å²) in [5.74, 6) is 1.32. The van der Waals surface area contributed by atoms with E-state index < -0.39 is 11.7 Å². The third kappa shape index (κ3) is 4.72. The van der Waals surface area contributed by atoms with E-state index in [9.17, 15) is 13.2 Å². The van der Waals surface area contributed by atoms with Gasteiger partial charge in [0.25, 0.3) is 0 Å². The quantitative estimate of drug-likeness (QED) is 0.440. The normalized spacial score (nSPS) is 12.0. The van der Waals surface area contributed by atoms with Crippen LogP contribution in [0.5, 0.6) is 0 Å². The molecule has 0 amide bonds. The summed E-state index contributed by atoms with van der Waals surface area (Å²) in [7, 11) is 0. The molecule has 0 aliphatic rings. The van der Waals surface area contributed by atoms with Gasteiger partial charge in [0.15, 0.2) is 5.82 Å². The van der Waals surface area contributed by atoms with E-state index in [0.29, 0.717) is 31.1 Å². The van der Waals surface area contributed by atoms with Gasteiger partial charge in [-0.15, -0.1) is 16.4 Å². The molecule has 0 bridgehead atoms. The molecule has 0 saturated carbocycles. The maximum absolute atomic E-state index is 12.8. The molecule has 0 N–H and O–H groups in total. The van der Waals surface area contributed by atoms with E-state index in [4.69, 9.17) is 4.42 Å². The van der Waals surface area contributed by atoms with Crippen molar-refractivity contribution in [3.63, 3.8) is 0 Å². The minimum atomic E-state index is -4.39. The van der Waals surface area contributed by atoms with Crippen LogP contribution in [0.1, 0.15) is 22.0 Å². The first-order valence-corrected chi connectivity index (χ1v) is 9.59. The molecule has 29 heavy (non-hydrogen) atoms. The first-order chi connectivity index (χ1) is 14.0. The average molecular weight is 419 g/mol. The van der Waals surface area contributed by atoms with Crippen LogP contribution in [0.4, 0.5) is 13.2 Å². The number of halogens is 3. The lowest BCUT2D eigenvalue weighted by Crippen LogP contribution is -2.24. The highest BCUT2D eigenvalue weighted by atomic mass is 32.1. The van der Waals surface area contributed by atoms with Crippen molar-refractivity contribution < 1.29 is 17.6 Å². The van der Waals surface area contributed by atoms with Crippen molar-refractivity contribution in [2.45, 2.75) is 25.8 Å². The van der Waals surface area contributed by atoms with Gasteiger partial charge in [-0.2, -0.15) is 17.9 Å². The molecule has 4 rings (SSSR count). The molecule has 1 aromatic carbocycles. The fraction of sp³-hybridized carbons (Fsp3) is 0.211. The summed E-state index contributed by atoms with van der Waals surface area (Å²) in [5.41, 5.74) is -0.250. The van der Waals surface area contributed by atoms with Crippen LogP contribution >= 0.6 is 11.3 Å². The molecule has 150 valence electrons. The zero-order chi connectivity index (χ0) is 20.3. The minimum Gasteiger partial charge on any atom is -0.468 e. The highest BCUT2D eigenvalue weighted by molar-refractivity contribution is 7.09. The number of tetrazole rings is 1. The fourth-order valence-electron chi connectivity index (χ4n) is 2.91. The molecule has 0 saturated heterocycles. The van der Waals surface area contributed by atoms with E-state index in [1.165, 1.54) is 21.7 Å². The second kappa shape index (κ2) is 8.18. The van der Waals surface area contributed by atoms with Crippen LogP contribution in [0.25, 0.3) is 5.69 Å². The maximum Gasteiger partial charge on any atom is 0.416 e. The van der Waals surface area contributed by atoms with Crippen LogP contribution in [-0.4, -0.2) is 25.1 Å². The van der Waals surface area contributed by atoms with Gasteiger partial charge in [0.2, 0.25) is 0 Å². The zero-order valence-electron chi connectivity index (χ0n) is 15.1. The number of rotatable bonds is 7. The van der Waals surface area contributed by atoms with E-state index in [2.05, 4.69) is 20.4 Å². The number of aromatic nitrogens is 4. The summed E-state index contributed by atoms with van der Waals surface area (Å²) >= 11 is 1.64. The Morgan fingerprint density at radius 2 is 1.83 bits per heavy atom. The minimum absolute atomic E-state index is 0.395. The Kier molecular flexibility index (Phi) is 5.45. The Morgan fingerprint density at radius 1 is 1.00 bits per heavy atom. The monoisotopic (exact) mass is 419 g/mol. The number of nitrogens with zero attached hydrogens (tertiary/aromatic N) is 5. The first kappa shape index (κ1) is 19.3. The van der Waals surface area contributed by atoms with Gasteiger partial charge >= 0.3 is 6.18 Å². The predicted octanol–water partition coefficient (Wildman–Crippen LogP) is 4.54. The van der Waals surface area contributed by atoms with Crippen molar-refractivity contribution in [1.82, 2.24) is 25.1 Å². The predicted molar refractivity (Wildman–Crippen MR) is 100 cm³/mol. The number of hydrogen-bond acceptors (Lipinski definition) is 6. The van der Waals surface area contributed by atoms with Crippen molar-refractivity contribution in [3.8, 4) is 5.69 Å². The Bertz CT molecular complexity index is 991.